The molecule has 0 aliphatic carbocycles. The molecule has 1 fully saturated rings. The third kappa shape index (κ3) is 5.20. The molecule has 2 aliphatic heterocycles. The van der Waals surface area contributed by atoms with Gasteiger partial charge in [0.2, 0.25) is 5.91 Å². The zero-order chi connectivity index (χ0) is 20.1. The summed E-state index contributed by atoms with van der Waals surface area (Å²) in [5, 5.41) is 3.21. The van der Waals surface area contributed by atoms with Gasteiger partial charge in [-0.1, -0.05) is 42.5 Å². The second kappa shape index (κ2) is 8.57. The summed E-state index contributed by atoms with van der Waals surface area (Å²) in [6.07, 6.45) is 6.42. The van der Waals surface area contributed by atoms with Crippen molar-refractivity contribution in [3.05, 3.63) is 64.4 Å². The van der Waals surface area contributed by atoms with E-state index in [-0.39, 0.29) is 18.7 Å². The molecule has 3 amide bonds. The Morgan fingerprint density at radius 3 is 2.68 bits per heavy atom. The maximum Gasteiger partial charge on any atom is 0.293 e. The average Bonchev–Trinajstić information content (AvgIpc) is 3.12. The number of sulfone groups is 1. The van der Waals surface area contributed by atoms with Crippen molar-refractivity contribution in [2.75, 3.05) is 12.3 Å². The fraction of sp³-hybridized carbons (Fsp3) is 0.211. The van der Waals surface area contributed by atoms with Crippen molar-refractivity contribution in [2.24, 2.45) is 0 Å². The first-order valence-corrected chi connectivity index (χ1v) is 11.0. The van der Waals surface area contributed by atoms with Gasteiger partial charge in [-0.05, 0) is 29.5 Å². The number of nitrogens with zero attached hydrogens (tertiary/aromatic N) is 1. The van der Waals surface area contributed by atoms with E-state index in [0.717, 1.165) is 27.6 Å². The SMILES string of the molecule is O=C(CCN1C(=O)S/C(=C/C=C/c2ccccc2)C1=O)N[C@H]1C=CS(=O)(=O)C1. The number of nitrogens with one attached hydrogen (secondary N) is 1. The van der Waals surface area contributed by atoms with Crippen molar-refractivity contribution >= 4 is 44.7 Å². The maximum atomic E-state index is 12.4. The van der Waals surface area contributed by atoms with Crippen LogP contribution in [-0.2, 0) is 19.4 Å². The van der Waals surface area contributed by atoms with E-state index >= 15 is 0 Å². The Morgan fingerprint density at radius 2 is 2.00 bits per heavy atom. The van der Waals surface area contributed by atoms with Gasteiger partial charge in [0, 0.05) is 18.4 Å². The molecule has 0 unspecified atom stereocenters. The Bertz CT molecular complexity index is 981. The van der Waals surface area contributed by atoms with E-state index in [2.05, 4.69) is 5.32 Å². The van der Waals surface area contributed by atoms with Crippen molar-refractivity contribution < 1.29 is 22.8 Å². The number of imide groups is 1. The molecule has 1 N–H and O–H groups in total. The molecule has 0 spiro atoms. The van der Waals surface area contributed by atoms with E-state index in [1.165, 1.54) is 6.08 Å². The lowest BCUT2D eigenvalue weighted by atomic mass is 10.2. The van der Waals surface area contributed by atoms with Gasteiger partial charge in [-0.2, -0.15) is 0 Å². The Morgan fingerprint density at radius 1 is 1.25 bits per heavy atom. The largest absolute Gasteiger partial charge is 0.349 e. The lowest BCUT2D eigenvalue weighted by Crippen LogP contribution is -2.38. The minimum atomic E-state index is -3.26. The highest BCUT2D eigenvalue weighted by Crippen LogP contribution is 2.30. The predicted octanol–water partition coefficient (Wildman–Crippen LogP) is 2.10. The molecular weight excluding hydrogens is 400 g/mol. The summed E-state index contributed by atoms with van der Waals surface area (Å²) in [5.41, 5.74) is 0.970. The lowest BCUT2D eigenvalue weighted by Gasteiger charge is -2.14. The molecule has 2 heterocycles. The number of hydrogen-bond donors (Lipinski definition) is 1. The van der Waals surface area contributed by atoms with Crippen LogP contribution in [0.1, 0.15) is 12.0 Å². The summed E-state index contributed by atoms with van der Waals surface area (Å²) < 4.78 is 22.7. The third-order valence-electron chi connectivity index (χ3n) is 4.05. The zero-order valence-electron chi connectivity index (χ0n) is 14.8. The highest BCUT2D eigenvalue weighted by atomic mass is 32.2. The van der Waals surface area contributed by atoms with Crippen LogP contribution < -0.4 is 5.32 Å². The number of thioether (sulfide) groups is 1. The molecule has 1 aromatic carbocycles. The molecule has 2 aliphatic rings. The Balaban J connectivity index is 1.52. The number of rotatable bonds is 6. The molecule has 0 saturated carbocycles. The van der Waals surface area contributed by atoms with Gasteiger partial charge < -0.3 is 5.32 Å². The van der Waals surface area contributed by atoms with Crippen LogP contribution in [0.2, 0.25) is 0 Å². The van der Waals surface area contributed by atoms with Crippen LogP contribution >= 0.6 is 11.8 Å². The van der Waals surface area contributed by atoms with Gasteiger partial charge in [0.15, 0.2) is 9.84 Å². The molecule has 1 saturated heterocycles. The Hall–Kier alpha value is -2.65. The zero-order valence-corrected chi connectivity index (χ0v) is 16.4. The van der Waals surface area contributed by atoms with Crippen molar-refractivity contribution in [3.8, 4) is 0 Å². The van der Waals surface area contributed by atoms with Gasteiger partial charge >= 0.3 is 0 Å². The molecule has 28 heavy (non-hydrogen) atoms. The van der Waals surface area contributed by atoms with E-state index in [9.17, 15) is 22.8 Å². The topological polar surface area (TPSA) is 101 Å². The number of amides is 3. The molecule has 9 heteroatoms. The molecule has 3 rings (SSSR count). The van der Waals surface area contributed by atoms with Crippen molar-refractivity contribution in [2.45, 2.75) is 12.5 Å². The van der Waals surface area contributed by atoms with Crippen LogP contribution in [0.15, 0.2) is 58.9 Å². The number of hydrogen-bond acceptors (Lipinski definition) is 6. The van der Waals surface area contributed by atoms with Crippen LogP contribution in [0.25, 0.3) is 6.08 Å². The third-order valence-corrected chi connectivity index (χ3v) is 6.37. The fourth-order valence-electron chi connectivity index (χ4n) is 2.68. The number of carbonyl (C=O) groups excluding carboxylic acids is 3. The monoisotopic (exact) mass is 418 g/mol. The molecule has 146 valence electrons. The Labute approximate surface area is 167 Å². The fourth-order valence-corrected chi connectivity index (χ4v) is 4.73. The molecule has 0 bridgehead atoms. The number of benzene rings is 1. The summed E-state index contributed by atoms with van der Waals surface area (Å²) in [5.74, 6) is -1.03. The average molecular weight is 418 g/mol. The summed E-state index contributed by atoms with van der Waals surface area (Å²) in [4.78, 5) is 37.7. The molecular formula is C19H18N2O5S2. The van der Waals surface area contributed by atoms with Crippen molar-refractivity contribution in [1.29, 1.82) is 0 Å². The van der Waals surface area contributed by atoms with E-state index in [1.807, 2.05) is 36.4 Å². The van der Waals surface area contributed by atoms with Crippen LogP contribution in [0.3, 0.4) is 0 Å². The normalized spacial score (nSPS) is 22.5. The lowest BCUT2D eigenvalue weighted by molar-refractivity contribution is -0.124. The van der Waals surface area contributed by atoms with Crippen LogP contribution in [0.5, 0.6) is 0 Å². The Kier molecular flexibility index (Phi) is 6.15. The smallest absolute Gasteiger partial charge is 0.293 e. The maximum absolute atomic E-state index is 12.4. The van der Waals surface area contributed by atoms with Gasteiger partial charge in [-0.3, -0.25) is 19.3 Å². The number of carbonyl (C=O) groups is 3. The van der Waals surface area contributed by atoms with E-state index < -0.39 is 32.9 Å². The van der Waals surface area contributed by atoms with Gasteiger partial charge in [-0.25, -0.2) is 8.42 Å². The van der Waals surface area contributed by atoms with E-state index in [0.29, 0.717) is 4.91 Å². The minimum Gasteiger partial charge on any atom is -0.349 e. The van der Waals surface area contributed by atoms with Crippen LogP contribution in [0, 0.1) is 0 Å². The molecule has 7 nitrogen and oxygen atoms in total. The second-order valence-electron chi connectivity index (χ2n) is 6.21. The summed E-state index contributed by atoms with van der Waals surface area (Å²) >= 11 is 0.826. The minimum absolute atomic E-state index is 0.0561. The van der Waals surface area contributed by atoms with E-state index in [1.54, 1.807) is 12.2 Å². The van der Waals surface area contributed by atoms with Crippen molar-refractivity contribution in [3.63, 3.8) is 0 Å². The molecule has 0 aromatic heterocycles. The van der Waals surface area contributed by atoms with Gasteiger partial charge in [-0.15, -0.1) is 0 Å². The van der Waals surface area contributed by atoms with Crippen LogP contribution in [-0.4, -0.2) is 48.7 Å². The highest BCUT2D eigenvalue weighted by Gasteiger charge is 2.34. The molecule has 1 aromatic rings. The second-order valence-corrected chi connectivity index (χ2v) is 9.13. The standard InChI is InChI=1S/C19H18N2O5S2/c22-17(20-15-10-12-28(25,26)13-15)9-11-21-18(23)16(27-19(21)24)8-4-7-14-5-2-1-3-6-14/h1-8,10,12,15H,9,11,13H2,(H,20,22)/b7-4+,16-8+/t15-/m0/s1. The summed E-state index contributed by atoms with van der Waals surface area (Å²) in [6.45, 7) is -0.0561. The molecule has 0 radical (unpaired) electrons. The summed E-state index contributed by atoms with van der Waals surface area (Å²) in [7, 11) is -3.26. The number of allylic oxidation sites excluding steroid dienone is 2. The van der Waals surface area contributed by atoms with Crippen LogP contribution in [0.4, 0.5) is 4.79 Å². The quantitative estimate of drug-likeness (QED) is 0.710. The van der Waals surface area contributed by atoms with Gasteiger partial charge in [0.1, 0.15) is 0 Å². The first-order valence-electron chi connectivity index (χ1n) is 8.51. The van der Waals surface area contributed by atoms with E-state index in [4.69, 9.17) is 0 Å². The first kappa shape index (κ1) is 20.1. The predicted molar refractivity (Wildman–Crippen MR) is 108 cm³/mol. The van der Waals surface area contributed by atoms with Crippen molar-refractivity contribution in [1.82, 2.24) is 10.2 Å². The molecule has 1 atom stereocenters. The summed E-state index contributed by atoms with van der Waals surface area (Å²) in [6, 6.07) is 8.96. The first-order chi connectivity index (χ1) is 13.3. The van der Waals surface area contributed by atoms with Gasteiger partial charge in [0.05, 0.1) is 16.7 Å². The van der Waals surface area contributed by atoms with Gasteiger partial charge in [0.25, 0.3) is 11.1 Å². The highest BCUT2D eigenvalue weighted by molar-refractivity contribution is 8.18.